The predicted octanol–water partition coefficient (Wildman–Crippen LogP) is 2.56. The first kappa shape index (κ1) is 10.1. The van der Waals surface area contributed by atoms with Crippen LogP contribution in [0.5, 0.6) is 0 Å². The van der Waals surface area contributed by atoms with Crippen LogP contribution in [-0.4, -0.2) is 17.6 Å². The molecule has 0 aliphatic heterocycles. The largest absolute Gasteiger partial charge is 0.314 e. The van der Waals surface area contributed by atoms with Crippen LogP contribution < -0.4 is 5.32 Å². The molecule has 1 N–H and O–H groups in total. The van der Waals surface area contributed by atoms with E-state index in [1.807, 2.05) is 11.3 Å². The molecule has 2 nitrogen and oxygen atoms in total. The molecule has 1 heterocycles. The zero-order valence-electron chi connectivity index (χ0n) is 8.92. The fourth-order valence-electron chi connectivity index (χ4n) is 1.47. The van der Waals surface area contributed by atoms with Crippen molar-refractivity contribution in [2.75, 3.05) is 6.54 Å². The maximum atomic E-state index is 4.65. The van der Waals surface area contributed by atoms with Gasteiger partial charge in [0.05, 0.1) is 10.7 Å². The van der Waals surface area contributed by atoms with E-state index >= 15 is 0 Å². The van der Waals surface area contributed by atoms with Crippen molar-refractivity contribution < 1.29 is 0 Å². The smallest absolute Gasteiger partial charge is 0.0941 e. The number of hydrogen-bond donors (Lipinski definition) is 1. The molecule has 2 rings (SSSR count). The van der Waals surface area contributed by atoms with E-state index in [0.29, 0.717) is 6.04 Å². The molecule has 0 atom stereocenters. The Balaban J connectivity index is 1.78. The third kappa shape index (κ3) is 2.79. The van der Waals surface area contributed by atoms with Gasteiger partial charge < -0.3 is 5.32 Å². The van der Waals surface area contributed by atoms with Gasteiger partial charge in [-0.1, -0.05) is 13.8 Å². The van der Waals surface area contributed by atoms with Gasteiger partial charge in [0.15, 0.2) is 0 Å². The van der Waals surface area contributed by atoms with Gasteiger partial charge in [-0.25, -0.2) is 4.98 Å². The second kappa shape index (κ2) is 4.41. The number of aromatic nitrogens is 1. The Bertz CT molecular complexity index is 289. The van der Waals surface area contributed by atoms with E-state index in [9.17, 15) is 0 Å². The van der Waals surface area contributed by atoms with Crippen LogP contribution in [-0.2, 0) is 6.42 Å². The Kier molecular flexibility index (Phi) is 3.19. The minimum atomic E-state index is 0.581. The van der Waals surface area contributed by atoms with Crippen molar-refractivity contribution in [1.29, 1.82) is 0 Å². The first-order chi connectivity index (χ1) is 6.75. The first-order valence-corrected chi connectivity index (χ1v) is 6.31. The van der Waals surface area contributed by atoms with Crippen LogP contribution in [0.2, 0.25) is 0 Å². The zero-order chi connectivity index (χ0) is 9.97. The fraction of sp³-hybridized carbons (Fsp3) is 0.727. The van der Waals surface area contributed by atoms with E-state index in [4.69, 9.17) is 0 Å². The van der Waals surface area contributed by atoms with Gasteiger partial charge in [0.25, 0.3) is 0 Å². The predicted molar refractivity (Wildman–Crippen MR) is 60.9 cm³/mol. The average Bonchev–Trinajstić information content (AvgIpc) is 2.87. The molecule has 0 unspecified atom stereocenters. The summed E-state index contributed by atoms with van der Waals surface area (Å²) in [6.45, 7) is 5.41. The molecule has 0 spiro atoms. The molecule has 1 aliphatic rings. The molecule has 78 valence electrons. The molecule has 1 fully saturated rings. The van der Waals surface area contributed by atoms with Crippen LogP contribution in [0.1, 0.15) is 43.3 Å². The number of nitrogens with one attached hydrogen (secondary N) is 1. The maximum Gasteiger partial charge on any atom is 0.0941 e. The Morgan fingerprint density at radius 2 is 2.36 bits per heavy atom. The molecule has 0 bridgehead atoms. The molecule has 1 aliphatic carbocycles. The van der Waals surface area contributed by atoms with Crippen molar-refractivity contribution in [1.82, 2.24) is 10.3 Å². The fourth-order valence-corrected chi connectivity index (χ4v) is 2.35. The van der Waals surface area contributed by atoms with Gasteiger partial charge in [-0.3, -0.25) is 0 Å². The SMILES string of the molecule is CC(C)NCCc1nc(C2CC2)cs1. The van der Waals surface area contributed by atoms with E-state index in [2.05, 4.69) is 29.5 Å². The average molecular weight is 210 g/mol. The second-order valence-corrected chi connectivity index (χ2v) is 5.24. The molecule has 0 amide bonds. The Hall–Kier alpha value is -0.410. The van der Waals surface area contributed by atoms with Crippen molar-refractivity contribution in [2.24, 2.45) is 0 Å². The van der Waals surface area contributed by atoms with Gasteiger partial charge in [0.1, 0.15) is 0 Å². The summed E-state index contributed by atoms with van der Waals surface area (Å²) in [5, 5.41) is 6.94. The molecule has 1 aromatic heterocycles. The Morgan fingerprint density at radius 3 is 3.00 bits per heavy atom. The van der Waals surface area contributed by atoms with Crippen LogP contribution >= 0.6 is 11.3 Å². The lowest BCUT2D eigenvalue weighted by atomic mass is 10.3. The highest BCUT2D eigenvalue weighted by molar-refractivity contribution is 7.09. The summed E-state index contributed by atoms with van der Waals surface area (Å²) < 4.78 is 0. The molecule has 14 heavy (non-hydrogen) atoms. The molecule has 0 aromatic carbocycles. The highest BCUT2D eigenvalue weighted by Crippen LogP contribution is 2.40. The normalized spacial score (nSPS) is 16.5. The number of hydrogen-bond acceptors (Lipinski definition) is 3. The van der Waals surface area contributed by atoms with Crippen LogP contribution in [0, 0.1) is 0 Å². The van der Waals surface area contributed by atoms with E-state index < -0.39 is 0 Å². The lowest BCUT2D eigenvalue weighted by Crippen LogP contribution is -2.24. The first-order valence-electron chi connectivity index (χ1n) is 5.43. The second-order valence-electron chi connectivity index (χ2n) is 4.30. The molecular weight excluding hydrogens is 192 g/mol. The summed E-state index contributed by atoms with van der Waals surface area (Å²) >= 11 is 1.82. The summed E-state index contributed by atoms with van der Waals surface area (Å²) in [6.07, 6.45) is 3.79. The van der Waals surface area contributed by atoms with Crippen LogP contribution in [0.4, 0.5) is 0 Å². The van der Waals surface area contributed by atoms with Gasteiger partial charge in [0, 0.05) is 30.3 Å². The van der Waals surface area contributed by atoms with Crippen LogP contribution in [0.25, 0.3) is 0 Å². The van der Waals surface area contributed by atoms with Gasteiger partial charge in [-0.15, -0.1) is 11.3 Å². The minimum absolute atomic E-state index is 0.581. The Morgan fingerprint density at radius 1 is 1.57 bits per heavy atom. The third-order valence-electron chi connectivity index (χ3n) is 2.46. The van der Waals surface area contributed by atoms with Crippen molar-refractivity contribution in [3.8, 4) is 0 Å². The highest BCUT2D eigenvalue weighted by Gasteiger charge is 2.25. The zero-order valence-corrected chi connectivity index (χ0v) is 9.73. The minimum Gasteiger partial charge on any atom is -0.314 e. The molecule has 1 aromatic rings. The van der Waals surface area contributed by atoms with Gasteiger partial charge >= 0.3 is 0 Å². The lowest BCUT2D eigenvalue weighted by molar-refractivity contribution is 0.589. The van der Waals surface area contributed by atoms with Gasteiger partial charge in [-0.05, 0) is 12.8 Å². The lowest BCUT2D eigenvalue weighted by Gasteiger charge is -2.05. The van der Waals surface area contributed by atoms with Crippen LogP contribution in [0.15, 0.2) is 5.38 Å². The number of nitrogens with zero attached hydrogens (tertiary/aromatic N) is 1. The molecule has 0 radical (unpaired) electrons. The van der Waals surface area contributed by atoms with E-state index in [0.717, 1.165) is 18.9 Å². The van der Waals surface area contributed by atoms with Crippen molar-refractivity contribution in [3.05, 3.63) is 16.1 Å². The molecule has 3 heteroatoms. The topological polar surface area (TPSA) is 24.9 Å². The van der Waals surface area contributed by atoms with Gasteiger partial charge in [-0.2, -0.15) is 0 Å². The Labute approximate surface area is 89.8 Å². The monoisotopic (exact) mass is 210 g/mol. The highest BCUT2D eigenvalue weighted by atomic mass is 32.1. The number of thiazole rings is 1. The summed E-state index contributed by atoms with van der Waals surface area (Å²) in [7, 11) is 0. The van der Waals surface area contributed by atoms with Crippen LogP contribution in [0.3, 0.4) is 0 Å². The van der Waals surface area contributed by atoms with Gasteiger partial charge in [0.2, 0.25) is 0 Å². The van der Waals surface area contributed by atoms with Crippen molar-refractivity contribution in [3.63, 3.8) is 0 Å². The van der Waals surface area contributed by atoms with Crippen molar-refractivity contribution in [2.45, 2.75) is 45.1 Å². The quantitative estimate of drug-likeness (QED) is 0.808. The molecule has 1 saturated carbocycles. The summed E-state index contributed by atoms with van der Waals surface area (Å²) in [6, 6.07) is 0.581. The summed E-state index contributed by atoms with van der Waals surface area (Å²) in [5.41, 5.74) is 1.34. The molecular formula is C11H18N2S. The van der Waals surface area contributed by atoms with E-state index in [1.165, 1.54) is 23.5 Å². The summed E-state index contributed by atoms with van der Waals surface area (Å²) in [5.74, 6) is 0.804. The molecule has 0 saturated heterocycles. The maximum absolute atomic E-state index is 4.65. The number of rotatable bonds is 5. The summed E-state index contributed by atoms with van der Waals surface area (Å²) in [4.78, 5) is 4.65. The van der Waals surface area contributed by atoms with Crippen molar-refractivity contribution >= 4 is 11.3 Å². The van der Waals surface area contributed by atoms with E-state index in [-0.39, 0.29) is 0 Å². The third-order valence-corrected chi connectivity index (χ3v) is 3.38. The van der Waals surface area contributed by atoms with E-state index in [1.54, 1.807) is 0 Å². The standard InChI is InChI=1S/C11H18N2S/c1-8(2)12-6-5-11-13-10(7-14-11)9-3-4-9/h7-9,12H,3-6H2,1-2H3.